The first-order chi connectivity index (χ1) is 9.19. The molecule has 0 atom stereocenters. The molecule has 19 heavy (non-hydrogen) atoms. The van der Waals surface area contributed by atoms with Crippen molar-refractivity contribution in [3.63, 3.8) is 0 Å². The van der Waals surface area contributed by atoms with E-state index in [-0.39, 0.29) is 22.9 Å². The van der Waals surface area contributed by atoms with Gasteiger partial charge < -0.3 is 9.47 Å². The zero-order valence-corrected chi connectivity index (χ0v) is 9.50. The smallest absolute Gasteiger partial charge is 0.292 e. The van der Waals surface area contributed by atoms with Crippen molar-refractivity contribution in [1.82, 2.24) is 0 Å². The Morgan fingerprint density at radius 1 is 1.05 bits per heavy atom. The third-order valence-electron chi connectivity index (χ3n) is 2.00. The van der Waals surface area contributed by atoms with E-state index in [0.717, 1.165) is 0 Å². The van der Waals surface area contributed by atoms with E-state index in [0.29, 0.717) is 5.56 Å². The lowest BCUT2D eigenvalue weighted by molar-refractivity contribution is 0.443. The lowest BCUT2D eigenvalue weighted by Gasteiger charge is -2.09. The molecular formula is C11H4N4O4. The number of benzene rings is 1. The summed E-state index contributed by atoms with van der Waals surface area (Å²) in [7, 11) is 0. The molecule has 8 heteroatoms. The molecule has 0 aromatic heterocycles. The van der Waals surface area contributed by atoms with Gasteiger partial charge in [-0.1, -0.05) is 0 Å². The highest BCUT2D eigenvalue weighted by atomic mass is 16.5. The Hall–Kier alpha value is -3.44. The summed E-state index contributed by atoms with van der Waals surface area (Å²) in [5, 5.41) is 17.1. The molecule has 0 unspecified atom stereocenters. The van der Waals surface area contributed by atoms with Crippen LogP contribution in [0.5, 0.6) is 11.5 Å². The minimum Gasteiger partial charge on any atom is -0.381 e. The molecule has 0 radical (unpaired) electrons. The summed E-state index contributed by atoms with van der Waals surface area (Å²) in [4.78, 5) is 27.3. The molecule has 0 bridgehead atoms. The van der Waals surface area contributed by atoms with Gasteiger partial charge in [0.25, 0.3) is 12.5 Å². The number of nitriles is 2. The summed E-state index contributed by atoms with van der Waals surface area (Å²) in [6, 6.07) is 1.32. The van der Waals surface area contributed by atoms with Crippen LogP contribution in [0.1, 0.15) is 5.56 Å². The molecule has 1 aromatic rings. The number of hydrogen-bond donors (Lipinski definition) is 0. The highest BCUT2D eigenvalue weighted by Gasteiger charge is 2.20. The van der Waals surface area contributed by atoms with Crippen LogP contribution in [0.4, 0.5) is 11.4 Å². The maximum atomic E-state index is 10.3. The molecule has 0 saturated heterocycles. The summed E-state index contributed by atoms with van der Waals surface area (Å²) in [6.07, 6.45) is 5.26. The average Bonchev–Trinajstić information content (AvgIpc) is 2.38. The fourth-order valence-electron chi connectivity index (χ4n) is 1.34. The summed E-state index contributed by atoms with van der Waals surface area (Å²) >= 11 is 0. The van der Waals surface area contributed by atoms with E-state index in [1.54, 1.807) is 0 Å². The predicted molar refractivity (Wildman–Crippen MR) is 59.2 cm³/mol. The third kappa shape index (κ3) is 2.82. The second-order valence-electron chi connectivity index (χ2n) is 3.01. The predicted octanol–water partition coefficient (Wildman–Crippen LogP) is 1.65. The molecule has 0 aliphatic carbocycles. The van der Waals surface area contributed by atoms with Crippen molar-refractivity contribution in [1.29, 1.82) is 10.5 Å². The summed E-state index contributed by atoms with van der Waals surface area (Å²) < 4.78 is 9.19. The maximum absolute atomic E-state index is 10.3. The van der Waals surface area contributed by atoms with Crippen molar-refractivity contribution in [3.05, 3.63) is 11.6 Å². The van der Waals surface area contributed by atoms with Gasteiger partial charge in [-0.2, -0.15) is 9.98 Å². The fraction of sp³-hybridized carbons (Fsp3) is 0.0909. The van der Waals surface area contributed by atoms with Gasteiger partial charge in [-0.3, -0.25) is 0 Å². The van der Waals surface area contributed by atoms with Crippen LogP contribution < -0.4 is 9.47 Å². The molecule has 92 valence electrons. The molecule has 8 nitrogen and oxygen atoms in total. The Balaban J connectivity index is 3.75. The van der Waals surface area contributed by atoms with Gasteiger partial charge >= 0.3 is 0 Å². The van der Waals surface area contributed by atoms with E-state index in [4.69, 9.17) is 10.5 Å². The second-order valence-corrected chi connectivity index (χ2v) is 3.01. The van der Waals surface area contributed by atoms with Crippen molar-refractivity contribution in [2.24, 2.45) is 9.98 Å². The number of rotatable bonds is 4. The number of aryl methyl sites for hydroxylation is 1. The molecule has 0 aliphatic heterocycles. The summed E-state index contributed by atoms with van der Waals surface area (Å²) in [5.74, 6) is -0.617. The van der Waals surface area contributed by atoms with E-state index in [9.17, 15) is 9.59 Å². The van der Waals surface area contributed by atoms with Gasteiger partial charge in [-0.15, -0.1) is 10.5 Å². The van der Waals surface area contributed by atoms with Crippen LogP contribution in [-0.4, -0.2) is 12.2 Å². The van der Waals surface area contributed by atoms with Crippen molar-refractivity contribution in [2.75, 3.05) is 0 Å². The van der Waals surface area contributed by atoms with Gasteiger partial charge in [0.1, 0.15) is 11.4 Å². The first kappa shape index (κ1) is 13.6. The molecule has 1 rings (SSSR count). The van der Waals surface area contributed by atoms with Crippen molar-refractivity contribution in [3.8, 4) is 24.0 Å². The second kappa shape index (κ2) is 6.33. The first-order valence-corrected chi connectivity index (χ1v) is 4.64. The van der Waals surface area contributed by atoms with Crippen LogP contribution in [-0.2, 0) is 9.59 Å². The molecule has 0 amide bonds. The van der Waals surface area contributed by atoms with E-state index in [1.165, 1.54) is 37.7 Å². The minimum atomic E-state index is -0.313. The van der Waals surface area contributed by atoms with Crippen LogP contribution in [0.3, 0.4) is 0 Å². The lowest BCUT2D eigenvalue weighted by atomic mass is 10.1. The van der Waals surface area contributed by atoms with Crippen molar-refractivity contribution in [2.45, 2.75) is 6.92 Å². The molecule has 0 aliphatic rings. The van der Waals surface area contributed by atoms with Crippen LogP contribution >= 0.6 is 0 Å². The molecule has 0 saturated carbocycles. The normalized spacial score (nSPS) is 8.16. The monoisotopic (exact) mass is 256 g/mol. The van der Waals surface area contributed by atoms with Crippen LogP contribution in [0.25, 0.3) is 0 Å². The van der Waals surface area contributed by atoms with Crippen LogP contribution in [0.2, 0.25) is 0 Å². The number of ether oxygens (including phenoxy) is 2. The quantitative estimate of drug-likeness (QED) is 0.458. The van der Waals surface area contributed by atoms with E-state index >= 15 is 0 Å². The zero-order valence-electron chi connectivity index (χ0n) is 9.50. The molecule has 1 aromatic carbocycles. The highest BCUT2D eigenvalue weighted by molar-refractivity contribution is 5.76. The van der Waals surface area contributed by atoms with Gasteiger partial charge in [0.05, 0.1) is 0 Å². The Kier molecular flexibility index (Phi) is 4.54. The molecule has 0 fully saturated rings. The largest absolute Gasteiger partial charge is 0.381 e. The van der Waals surface area contributed by atoms with Crippen molar-refractivity contribution >= 4 is 23.5 Å². The number of hydrogen-bond acceptors (Lipinski definition) is 8. The number of carbonyl (C=O) groups excluding carboxylic acids is 2. The van der Waals surface area contributed by atoms with E-state index in [2.05, 4.69) is 19.5 Å². The van der Waals surface area contributed by atoms with Crippen LogP contribution in [0.15, 0.2) is 16.1 Å². The Labute approximate surface area is 106 Å². The first-order valence-electron chi connectivity index (χ1n) is 4.64. The molecule has 0 heterocycles. The van der Waals surface area contributed by atoms with Crippen LogP contribution in [0, 0.1) is 30.0 Å². The summed E-state index contributed by atoms with van der Waals surface area (Å²) in [5.41, 5.74) is 0.240. The standard InChI is InChI=1S/C11H4N4O4/c1-7-2-8(14-5-16)10(18-3-12)11(19-4-13)9(7)15-6-17/h2H,1H3. The maximum Gasteiger partial charge on any atom is 0.292 e. The van der Waals surface area contributed by atoms with E-state index in [1.807, 2.05) is 0 Å². The highest BCUT2D eigenvalue weighted by Crippen LogP contribution is 2.46. The zero-order chi connectivity index (χ0) is 14.3. The Morgan fingerprint density at radius 3 is 2.16 bits per heavy atom. The Bertz CT molecular complexity index is 686. The lowest BCUT2D eigenvalue weighted by Crippen LogP contribution is -1.93. The number of isocyanates is 2. The van der Waals surface area contributed by atoms with Gasteiger partial charge in [0, 0.05) is 0 Å². The third-order valence-corrected chi connectivity index (χ3v) is 2.00. The average molecular weight is 256 g/mol. The van der Waals surface area contributed by atoms with Gasteiger partial charge in [0.2, 0.25) is 23.7 Å². The number of aliphatic imine (C=N–C) groups is 2. The molecule has 0 spiro atoms. The fourth-order valence-corrected chi connectivity index (χ4v) is 1.34. The Morgan fingerprint density at radius 2 is 1.63 bits per heavy atom. The van der Waals surface area contributed by atoms with Gasteiger partial charge in [-0.05, 0) is 18.6 Å². The van der Waals surface area contributed by atoms with Crippen molar-refractivity contribution < 1.29 is 19.1 Å². The minimum absolute atomic E-state index is 0.0494. The summed E-state index contributed by atoms with van der Waals surface area (Å²) in [6.45, 7) is 1.53. The van der Waals surface area contributed by atoms with E-state index < -0.39 is 0 Å². The molecule has 0 N–H and O–H groups in total. The SMILES string of the molecule is Cc1cc(N=C=O)c(OC#N)c(OC#N)c1N=C=O. The van der Waals surface area contributed by atoms with Gasteiger partial charge in [-0.25, -0.2) is 9.59 Å². The van der Waals surface area contributed by atoms with Gasteiger partial charge in [0.15, 0.2) is 0 Å². The molecular weight excluding hydrogens is 252 g/mol. The topological polar surface area (TPSA) is 125 Å². The number of nitrogens with zero attached hydrogens (tertiary/aromatic N) is 4.